The number of hydrogen-bond acceptors (Lipinski definition) is 2. The lowest BCUT2D eigenvalue weighted by atomic mass is 9.90. The Bertz CT molecular complexity index is 758. The molecule has 0 spiro atoms. The lowest BCUT2D eigenvalue weighted by Crippen LogP contribution is -2.42. The minimum atomic E-state index is -0.345. The lowest BCUT2D eigenvalue weighted by Gasteiger charge is -2.38. The third kappa shape index (κ3) is 3.85. The van der Waals surface area contributed by atoms with Crippen LogP contribution in [0.2, 0.25) is 0 Å². The van der Waals surface area contributed by atoms with E-state index >= 15 is 0 Å². The van der Waals surface area contributed by atoms with Gasteiger partial charge in [0.25, 0.3) is 0 Å². The summed E-state index contributed by atoms with van der Waals surface area (Å²) in [5, 5.41) is 6.98. The maximum atomic E-state index is 13.7. The summed E-state index contributed by atoms with van der Waals surface area (Å²) in [4.78, 5) is 0. The summed E-state index contributed by atoms with van der Waals surface area (Å²) >= 11 is 5.43. The molecule has 1 atom stereocenters. The summed E-state index contributed by atoms with van der Waals surface area (Å²) in [6, 6.07) is 12.5. The molecule has 0 bridgehead atoms. The van der Waals surface area contributed by atoms with Crippen LogP contribution in [0, 0.1) is 12.7 Å². The molecule has 0 radical (unpaired) electrons. The standard InChI is InChI=1S/C19H21FN2OS/c1-12-4-7-14(8-5-12)21-18(24)22-16-11-19(2,3)23-17-9-6-13(20)10-15(16)17/h4-10,16H,11H2,1-3H3,(H2,21,22,24)/t16-/m1/s1. The predicted molar refractivity (Wildman–Crippen MR) is 99.0 cm³/mol. The molecule has 1 aliphatic heterocycles. The van der Waals surface area contributed by atoms with Crippen LogP contribution in [0.4, 0.5) is 10.1 Å². The average molecular weight is 344 g/mol. The zero-order valence-electron chi connectivity index (χ0n) is 14.0. The second-order valence-corrected chi connectivity index (χ2v) is 7.17. The highest BCUT2D eigenvalue weighted by Gasteiger charge is 2.34. The topological polar surface area (TPSA) is 33.3 Å². The van der Waals surface area contributed by atoms with Crippen LogP contribution >= 0.6 is 12.2 Å². The molecule has 2 aromatic carbocycles. The molecule has 0 fully saturated rings. The van der Waals surface area contributed by atoms with Crippen LogP contribution in [0.5, 0.6) is 5.75 Å². The van der Waals surface area contributed by atoms with Gasteiger partial charge in [0, 0.05) is 17.7 Å². The number of aryl methyl sites for hydroxylation is 1. The van der Waals surface area contributed by atoms with E-state index in [-0.39, 0.29) is 17.5 Å². The van der Waals surface area contributed by atoms with Crippen molar-refractivity contribution in [3.05, 3.63) is 59.4 Å². The molecule has 3 nitrogen and oxygen atoms in total. The van der Waals surface area contributed by atoms with Gasteiger partial charge < -0.3 is 15.4 Å². The first-order valence-electron chi connectivity index (χ1n) is 7.95. The van der Waals surface area contributed by atoms with Crippen LogP contribution in [-0.4, -0.2) is 10.7 Å². The number of nitrogens with one attached hydrogen (secondary N) is 2. The largest absolute Gasteiger partial charge is 0.487 e. The fourth-order valence-electron chi connectivity index (χ4n) is 2.92. The molecule has 0 amide bonds. The van der Waals surface area contributed by atoms with Gasteiger partial charge in [-0.05, 0) is 63.3 Å². The van der Waals surface area contributed by atoms with Gasteiger partial charge in [0.15, 0.2) is 5.11 Å². The summed E-state index contributed by atoms with van der Waals surface area (Å²) in [6.07, 6.45) is 0.694. The highest BCUT2D eigenvalue weighted by Crippen LogP contribution is 2.39. The minimum absolute atomic E-state index is 0.107. The summed E-state index contributed by atoms with van der Waals surface area (Å²) < 4.78 is 19.6. The van der Waals surface area contributed by atoms with Crippen molar-refractivity contribution in [2.75, 3.05) is 5.32 Å². The number of thiocarbonyl (C=S) groups is 1. The molecule has 0 aliphatic carbocycles. The molecular weight excluding hydrogens is 323 g/mol. The van der Waals surface area contributed by atoms with Gasteiger partial charge in [0.2, 0.25) is 0 Å². The Morgan fingerprint density at radius 3 is 2.62 bits per heavy atom. The van der Waals surface area contributed by atoms with E-state index in [1.54, 1.807) is 6.07 Å². The van der Waals surface area contributed by atoms with Gasteiger partial charge in [-0.3, -0.25) is 0 Å². The first-order chi connectivity index (χ1) is 11.3. The van der Waals surface area contributed by atoms with Crippen molar-refractivity contribution in [3.63, 3.8) is 0 Å². The SMILES string of the molecule is Cc1ccc(NC(=S)N[C@@H]2CC(C)(C)Oc3ccc(F)cc32)cc1. The van der Waals surface area contributed by atoms with Crippen molar-refractivity contribution in [1.29, 1.82) is 0 Å². The Morgan fingerprint density at radius 1 is 1.21 bits per heavy atom. The maximum absolute atomic E-state index is 13.7. The van der Waals surface area contributed by atoms with Crippen molar-refractivity contribution in [2.45, 2.75) is 38.8 Å². The van der Waals surface area contributed by atoms with Gasteiger partial charge in [0.05, 0.1) is 6.04 Å². The molecule has 0 saturated heterocycles. The summed E-state index contributed by atoms with van der Waals surface area (Å²) in [6.45, 7) is 6.07. The highest BCUT2D eigenvalue weighted by molar-refractivity contribution is 7.80. The van der Waals surface area contributed by atoms with E-state index in [2.05, 4.69) is 10.6 Å². The quantitative estimate of drug-likeness (QED) is 0.772. The normalized spacial score (nSPS) is 18.2. The summed E-state index contributed by atoms with van der Waals surface area (Å²) in [5.41, 5.74) is 2.56. The van der Waals surface area contributed by atoms with Gasteiger partial charge in [0.1, 0.15) is 17.2 Å². The summed E-state index contributed by atoms with van der Waals surface area (Å²) in [7, 11) is 0. The van der Waals surface area contributed by atoms with Crippen LogP contribution in [0.25, 0.3) is 0 Å². The van der Waals surface area contributed by atoms with Crippen molar-refractivity contribution in [1.82, 2.24) is 5.32 Å². The molecule has 1 aliphatic rings. The van der Waals surface area contributed by atoms with Gasteiger partial charge in [-0.1, -0.05) is 17.7 Å². The average Bonchev–Trinajstić information content (AvgIpc) is 2.49. The fraction of sp³-hybridized carbons (Fsp3) is 0.316. The van der Waals surface area contributed by atoms with Crippen molar-refractivity contribution in [2.24, 2.45) is 0 Å². The first kappa shape index (κ1) is 16.7. The molecule has 24 heavy (non-hydrogen) atoms. The van der Waals surface area contributed by atoms with Crippen LogP contribution in [-0.2, 0) is 0 Å². The van der Waals surface area contributed by atoms with Crippen LogP contribution < -0.4 is 15.4 Å². The number of anilines is 1. The number of benzene rings is 2. The highest BCUT2D eigenvalue weighted by atomic mass is 32.1. The summed E-state index contributed by atoms with van der Waals surface area (Å²) in [5.74, 6) is 0.421. The number of hydrogen-bond donors (Lipinski definition) is 2. The first-order valence-corrected chi connectivity index (χ1v) is 8.36. The number of fused-ring (bicyclic) bond motifs is 1. The number of ether oxygens (including phenoxy) is 1. The van der Waals surface area contributed by atoms with Crippen molar-refractivity contribution >= 4 is 23.0 Å². The van der Waals surface area contributed by atoms with Gasteiger partial charge in [-0.2, -0.15) is 0 Å². The Morgan fingerprint density at radius 2 is 1.92 bits per heavy atom. The molecule has 5 heteroatoms. The zero-order valence-corrected chi connectivity index (χ0v) is 14.8. The molecule has 0 aromatic heterocycles. The predicted octanol–water partition coefficient (Wildman–Crippen LogP) is 4.72. The fourth-order valence-corrected chi connectivity index (χ4v) is 3.18. The zero-order chi connectivity index (χ0) is 17.3. The molecule has 2 N–H and O–H groups in total. The Hall–Kier alpha value is -2.14. The van der Waals surface area contributed by atoms with E-state index in [1.165, 1.54) is 17.7 Å². The third-order valence-corrected chi connectivity index (χ3v) is 4.26. The minimum Gasteiger partial charge on any atom is -0.487 e. The molecule has 0 saturated carbocycles. The molecule has 0 unspecified atom stereocenters. The van der Waals surface area contributed by atoms with Crippen LogP contribution in [0.15, 0.2) is 42.5 Å². The second kappa shape index (κ2) is 6.40. The van der Waals surface area contributed by atoms with E-state index in [4.69, 9.17) is 17.0 Å². The van der Waals surface area contributed by atoms with Gasteiger partial charge in [-0.25, -0.2) is 4.39 Å². The van der Waals surface area contributed by atoms with E-state index in [9.17, 15) is 4.39 Å². The van der Waals surface area contributed by atoms with Gasteiger partial charge in [-0.15, -0.1) is 0 Å². The van der Waals surface area contributed by atoms with Gasteiger partial charge >= 0.3 is 0 Å². The number of rotatable bonds is 2. The van der Waals surface area contributed by atoms with E-state index in [0.29, 0.717) is 17.3 Å². The molecule has 126 valence electrons. The van der Waals surface area contributed by atoms with Crippen molar-refractivity contribution in [3.8, 4) is 5.75 Å². The maximum Gasteiger partial charge on any atom is 0.171 e. The smallest absolute Gasteiger partial charge is 0.171 e. The Labute approximate surface area is 147 Å². The Kier molecular flexibility index (Phi) is 4.45. The van der Waals surface area contributed by atoms with Crippen LogP contribution in [0.1, 0.15) is 37.4 Å². The van der Waals surface area contributed by atoms with Crippen LogP contribution in [0.3, 0.4) is 0 Å². The molecule has 1 heterocycles. The van der Waals surface area contributed by atoms with E-state index in [1.807, 2.05) is 45.0 Å². The lowest BCUT2D eigenvalue weighted by molar-refractivity contribution is 0.0694. The van der Waals surface area contributed by atoms with E-state index < -0.39 is 0 Å². The molecule has 3 rings (SSSR count). The Balaban J connectivity index is 1.77. The second-order valence-electron chi connectivity index (χ2n) is 6.77. The molecule has 2 aromatic rings. The van der Waals surface area contributed by atoms with Crippen molar-refractivity contribution < 1.29 is 9.13 Å². The number of halogens is 1. The molecular formula is C19H21FN2OS. The third-order valence-electron chi connectivity index (χ3n) is 4.04. The van der Waals surface area contributed by atoms with E-state index in [0.717, 1.165) is 11.3 Å². The monoisotopic (exact) mass is 344 g/mol.